The number of carbonyl (C=O) groups is 1. The molecule has 4 nitrogen and oxygen atoms in total. The van der Waals surface area contributed by atoms with Crippen molar-refractivity contribution in [3.05, 3.63) is 58.1 Å². The highest BCUT2D eigenvalue weighted by Gasteiger charge is 2.22. The molecule has 0 saturated heterocycles. The third-order valence-electron chi connectivity index (χ3n) is 3.30. The first-order valence-corrected chi connectivity index (χ1v) is 9.16. The molecule has 0 saturated carbocycles. The van der Waals surface area contributed by atoms with Crippen molar-refractivity contribution in [2.24, 2.45) is 0 Å². The Morgan fingerprint density at radius 2 is 1.83 bits per heavy atom. The van der Waals surface area contributed by atoms with Gasteiger partial charge in [-0.25, -0.2) is 4.21 Å². The van der Waals surface area contributed by atoms with Crippen LogP contribution in [-0.2, 0) is 20.5 Å². The molecule has 0 fully saturated rings. The van der Waals surface area contributed by atoms with Gasteiger partial charge in [0.05, 0.1) is 17.2 Å². The van der Waals surface area contributed by atoms with E-state index in [1.165, 1.54) is 4.31 Å². The van der Waals surface area contributed by atoms with Crippen LogP contribution in [0, 0.1) is 6.92 Å². The number of esters is 1. The summed E-state index contributed by atoms with van der Waals surface area (Å²) in [7, 11) is -1.61. The maximum Gasteiger partial charge on any atom is 0.326 e. The summed E-state index contributed by atoms with van der Waals surface area (Å²) >= 11 is 12.0. The van der Waals surface area contributed by atoms with E-state index in [1.54, 1.807) is 49.4 Å². The number of ether oxygens (including phenoxy) is 1. The van der Waals surface area contributed by atoms with Gasteiger partial charge in [-0.15, -0.1) is 0 Å². The van der Waals surface area contributed by atoms with Gasteiger partial charge in [0.25, 0.3) is 0 Å². The lowest BCUT2D eigenvalue weighted by molar-refractivity contribution is -0.141. The number of hydrogen-bond acceptors (Lipinski definition) is 3. The minimum atomic E-state index is -1.61. The lowest BCUT2D eigenvalue weighted by Gasteiger charge is -2.24. The zero-order chi connectivity index (χ0) is 17.7. The second-order valence-electron chi connectivity index (χ2n) is 4.93. The maximum atomic E-state index is 13.0. The number of halogens is 2. The van der Waals surface area contributed by atoms with Gasteiger partial charge in [0.15, 0.2) is 11.0 Å². The topological polar surface area (TPSA) is 46.6 Å². The van der Waals surface area contributed by atoms with Crippen LogP contribution in [0.2, 0.25) is 10.0 Å². The molecule has 1 unspecified atom stereocenters. The van der Waals surface area contributed by atoms with E-state index >= 15 is 0 Å². The molecule has 0 radical (unpaired) electrons. The molecule has 0 bridgehead atoms. The summed E-state index contributed by atoms with van der Waals surface area (Å²) in [6.07, 6.45) is 0. The summed E-state index contributed by atoms with van der Waals surface area (Å²) in [6, 6.07) is 11.9. The zero-order valence-corrected chi connectivity index (χ0v) is 15.6. The van der Waals surface area contributed by atoms with Gasteiger partial charge in [-0.2, -0.15) is 0 Å². The Balaban J connectivity index is 2.42. The first-order chi connectivity index (χ1) is 11.4. The number of nitrogens with zero attached hydrogens (tertiary/aromatic N) is 1. The lowest BCUT2D eigenvalue weighted by Crippen LogP contribution is -2.33. The molecule has 2 aromatic carbocycles. The minimum Gasteiger partial charge on any atom is -0.465 e. The molecule has 1 atom stereocenters. The summed E-state index contributed by atoms with van der Waals surface area (Å²) in [5.74, 6) is -0.459. The van der Waals surface area contributed by atoms with Crippen LogP contribution in [0.5, 0.6) is 0 Å². The fraction of sp³-hybridized carbons (Fsp3) is 0.235. The van der Waals surface area contributed by atoms with Crippen molar-refractivity contribution in [3.8, 4) is 0 Å². The summed E-state index contributed by atoms with van der Waals surface area (Å²) in [5.41, 5.74) is 1.36. The summed E-state index contributed by atoms with van der Waals surface area (Å²) in [5, 5.41) is 1.08. The standard InChI is InChI=1S/C17H17Cl2NO3S/c1-3-23-17(21)11-20(16-6-4-5-15(19)12(16)2)24(22)14-9-7-13(18)8-10-14/h4-10H,3,11H2,1-2H3. The number of anilines is 1. The minimum absolute atomic E-state index is 0.149. The van der Waals surface area contributed by atoms with E-state index in [1.807, 2.05) is 6.92 Å². The highest BCUT2D eigenvalue weighted by atomic mass is 35.5. The first kappa shape index (κ1) is 18.8. The molecule has 0 aliphatic heterocycles. The van der Waals surface area contributed by atoms with E-state index in [2.05, 4.69) is 0 Å². The predicted octanol–water partition coefficient (Wildman–Crippen LogP) is 4.39. The molecule has 2 aromatic rings. The van der Waals surface area contributed by atoms with Crippen molar-refractivity contribution < 1.29 is 13.7 Å². The average molecular weight is 386 g/mol. The van der Waals surface area contributed by atoms with Gasteiger partial charge >= 0.3 is 5.97 Å². The third-order valence-corrected chi connectivity index (χ3v) is 5.36. The Morgan fingerprint density at radius 3 is 2.46 bits per heavy atom. The van der Waals surface area contributed by atoms with Crippen LogP contribution < -0.4 is 4.31 Å². The van der Waals surface area contributed by atoms with Crippen molar-refractivity contribution in [2.75, 3.05) is 17.5 Å². The van der Waals surface area contributed by atoms with Gasteiger partial charge < -0.3 is 4.74 Å². The van der Waals surface area contributed by atoms with Gasteiger partial charge in [-0.1, -0.05) is 29.3 Å². The van der Waals surface area contributed by atoms with Crippen molar-refractivity contribution in [1.29, 1.82) is 0 Å². The van der Waals surface area contributed by atoms with Crippen LogP contribution in [0.25, 0.3) is 0 Å². The molecular weight excluding hydrogens is 369 g/mol. The van der Waals surface area contributed by atoms with E-state index in [-0.39, 0.29) is 13.2 Å². The van der Waals surface area contributed by atoms with Crippen LogP contribution in [0.3, 0.4) is 0 Å². The normalized spacial score (nSPS) is 11.8. The Labute approximate surface area is 153 Å². The average Bonchev–Trinajstić information content (AvgIpc) is 2.56. The van der Waals surface area contributed by atoms with Crippen LogP contribution in [0.15, 0.2) is 47.4 Å². The maximum absolute atomic E-state index is 13.0. The molecule has 0 aromatic heterocycles. The van der Waals surface area contributed by atoms with Gasteiger partial charge in [-0.05, 0) is 55.8 Å². The van der Waals surface area contributed by atoms with Crippen molar-refractivity contribution in [1.82, 2.24) is 0 Å². The lowest BCUT2D eigenvalue weighted by atomic mass is 10.2. The quantitative estimate of drug-likeness (QED) is 0.692. The smallest absolute Gasteiger partial charge is 0.326 e. The fourth-order valence-electron chi connectivity index (χ4n) is 2.10. The van der Waals surface area contributed by atoms with E-state index in [0.29, 0.717) is 20.6 Å². The summed E-state index contributed by atoms with van der Waals surface area (Å²) < 4.78 is 19.5. The molecule has 0 N–H and O–H groups in total. The molecule has 0 aliphatic rings. The van der Waals surface area contributed by atoms with Crippen LogP contribution >= 0.6 is 23.2 Å². The molecule has 2 rings (SSSR count). The van der Waals surface area contributed by atoms with Crippen molar-refractivity contribution in [2.45, 2.75) is 18.7 Å². The third kappa shape index (κ3) is 4.50. The summed E-state index contributed by atoms with van der Waals surface area (Å²) in [6.45, 7) is 3.65. The Bertz CT molecular complexity index is 750. The van der Waals surface area contributed by atoms with Crippen LogP contribution in [0.4, 0.5) is 5.69 Å². The number of carbonyl (C=O) groups excluding carboxylic acids is 1. The number of rotatable bonds is 6. The predicted molar refractivity (Wildman–Crippen MR) is 98.0 cm³/mol. The molecule has 0 spiro atoms. The molecule has 7 heteroatoms. The second-order valence-corrected chi connectivity index (χ2v) is 7.18. The first-order valence-electron chi connectivity index (χ1n) is 7.29. The molecular formula is C17H17Cl2NO3S. The van der Waals surface area contributed by atoms with Gasteiger partial charge in [-0.3, -0.25) is 9.10 Å². The molecule has 128 valence electrons. The van der Waals surface area contributed by atoms with Crippen molar-refractivity contribution >= 4 is 45.8 Å². The van der Waals surface area contributed by atoms with E-state index in [0.717, 1.165) is 5.56 Å². The monoisotopic (exact) mass is 385 g/mol. The molecule has 0 aliphatic carbocycles. The fourth-order valence-corrected chi connectivity index (χ4v) is 3.62. The molecule has 0 amide bonds. The van der Waals surface area contributed by atoms with Gasteiger partial charge in [0, 0.05) is 10.0 Å². The second kappa shape index (κ2) is 8.51. The number of benzene rings is 2. The SMILES string of the molecule is CCOC(=O)CN(c1cccc(Cl)c1C)S(=O)c1ccc(Cl)cc1. The van der Waals surface area contributed by atoms with E-state index in [9.17, 15) is 9.00 Å². The van der Waals surface area contributed by atoms with Crippen LogP contribution in [-0.4, -0.2) is 23.3 Å². The zero-order valence-electron chi connectivity index (χ0n) is 13.3. The summed E-state index contributed by atoms with van der Waals surface area (Å²) in [4.78, 5) is 12.5. The Hall–Kier alpha value is -1.56. The molecule has 0 heterocycles. The molecule has 24 heavy (non-hydrogen) atoms. The van der Waals surface area contributed by atoms with E-state index < -0.39 is 17.0 Å². The van der Waals surface area contributed by atoms with Crippen LogP contribution in [0.1, 0.15) is 12.5 Å². The Kier molecular flexibility index (Phi) is 6.66. The Morgan fingerprint density at radius 1 is 1.17 bits per heavy atom. The van der Waals surface area contributed by atoms with Gasteiger partial charge in [0.2, 0.25) is 0 Å². The number of hydrogen-bond donors (Lipinski definition) is 0. The van der Waals surface area contributed by atoms with E-state index in [4.69, 9.17) is 27.9 Å². The highest BCUT2D eigenvalue weighted by Crippen LogP contribution is 2.29. The highest BCUT2D eigenvalue weighted by molar-refractivity contribution is 7.86. The van der Waals surface area contributed by atoms with Gasteiger partial charge in [0.1, 0.15) is 6.54 Å². The largest absolute Gasteiger partial charge is 0.465 e. The van der Waals surface area contributed by atoms with Crippen molar-refractivity contribution in [3.63, 3.8) is 0 Å².